The van der Waals surface area contributed by atoms with E-state index in [1.165, 1.54) is 7.11 Å². The Morgan fingerprint density at radius 2 is 2.22 bits per heavy atom. The number of H-pyrrole nitrogens is 1. The summed E-state index contributed by atoms with van der Waals surface area (Å²) in [4.78, 5) is 25.4. The number of ether oxygens (including phenoxy) is 1. The van der Waals surface area contributed by atoms with Crippen LogP contribution in [-0.2, 0) is 11.2 Å². The van der Waals surface area contributed by atoms with Gasteiger partial charge in [-0.25, -0.2) is 4.79 Å². The molecule has 0 saturated heterocycles. The molecule has 0 aliphatic heterocycles. The molecule has 96 valence electrons. The highest BCUT2D eigenvalue weighted by Gasteiger charge is 2.15. The number of rotatable bonds is 4. The zero-order chi connectivity index (χ0) is 13.1. The first-order chi connectivity index (χ1) is 8.65. The molecule has 1 N–H and O–H groups in total. The summed E-state index contributed by atoms with van der Waals surface area (Å²) in [5, 5.41) is 0.767. The number of methoxy groups -OCH3 is 1. The van der Waals surface area contributed by atoms with E-state index in [-0.39, 0.29) is 11.3 Å². The Balaban J connectivity index is 2.53. The number of nitrogens with one attached hydrogen (secondary N) is 1. The van der Waals surface area contributed by atoms with Crippen molar-refractivity contribution in [2.24, 2.45) is 0 Å². The van der Waals surface area contributed by atoms with Gasteiger partial charge in [0.1, 0.15) is 0 Å². The van der Waals surface area contributed by atoms with E-state index in [9.17, 15) is 9.59 Å². The van der Waals surface area contributed by atoms with Crippen molar-refractivity contribution < 1.29 is 13.9 Å². The van der Waals surface area contributed by atoms with Gasteiger partial charge in [0, 0.05) is 17.5 Å². The van der Waals surface area contributed by atoms with Gasteiger partial charge in [-0.15, -0.1) is 0 Å². The fourth-order valence-corrected chi connectivity index (χ4v) is 1.88. The minimum Gasteiger partial charge on any atom is -0.463 e. The number of unbranched alkanes of at least 4 members (excludes halogenated alkanes) is 1. The number of carbonyl (C=O) groups excluding carboxylic acids is 1. The second-order valence-electron chi connectivity index (χ2n) is 4.11. The van der Waals surface area contributed by atoms with Crippen LogP contribution < -0.4 is 5.56 Å². The summed E-state index contributed by atoms with van der Waals surface area (Å²) >= 11 is 0. The zero-order valence-corrected chi connectivity index (χ0v) is 10.4. The van der Waals surface area contributed by atoms with E-state index in [1.807, 2.05) is 0 Å². The summed E-state index contributed by atoms with van der Waals surface area (Å²) in [5.41, 5.74) is 1.00. The molecule has 2 heterocycles. The Morgan fingerprint density at radius 3 is 2.89 bits per heavy atom. The maximum atomic E-state index is 11.5. The lowest BCUT2D eigenvalue weighted by molar-refractivity contribution is 0.0567. The minimum atomic E-state index is -0.548. The molecular weight excluding hydrogens is 234 g/mol. The quantitative estimate of drug-likeness (QED) is 0.843. The highest BCUT2D eigenvalue weighted by atomic mass is 16.5. The fraction of sp³-hybridized carbons (Fsp3) is 0.385. The molecule has 0 aliphatic carbocycles. The third kappa shape index (κ3) is 2.30. The number of fused-ring (bicyclic) bond motifs is 1. The Hall–Kier alpha value is -2.04. The molecule has 2 aromatic rings. The van der Waals surface area contributed by atoms with Gasteiger partial charge in [-0.05, 0) is 18.4 Å². The van der Waals surface area contributed by atoms with Gasteiger partial charge in [0.2, 0.25) is 11.5 Å². The average Bonchev–Trinajstić information content (AvgIpc) is 2.78. The zero-order valence-electron chi connectivity index (χ0n) is 10.4. The highest BCUT2D eigenvalue weighted by Crippen LogP contribution is 2.21. The van der Waals surface area contributed by atoms with Crippen LogP contribution in [0.4, 0.5) is 0 Å². The summed E-state index contributed by atoms with van der Waals surface area (Å²) < 4.78 is 9.88. The van der Waals surface area contributed by atoms with Gasteiger partial charge >= 0.3 is 5.97 Å². The molecule has 2 rings (SSSR count). The van der Waals surface area contributed by atoms with Gasteiger partial charge in [0.15, 0.2) is 0 Å². The molecule has 0 aliphatic rings. The largest absolute Gasteiger partial charge is 0.463 e. The van der Waals surface area contributed by atoms with Crippen LogP contribution in [-0.4, -0.2) is 18.1 Å². The summed E-state index contributed by atoms with van der Waals surface area (Å²) in [7, 11) is 1.29. The molecule has 0 saturated carbocycles. The molecule has 5 heteroatoms. The molecule has 0 bridgehead atoms. The van der Waals surface area contributed by atoms with Crippen LogP contribution in [0.25, 0.3) is 11.1 Å². The van der Waals surface area contributed by atoms with Crippen LogP contribution >= 0.6 is 0 Å². The van der Waals surface area contributed by atoms with E-state index in [0.717, 1.165) is 30.2 Å². The second-order valence-corrected chi connectivity index (χ2v) is 4.11. The molecule has 2 aromatic heterocycles. The third-order valence-electron chi connectivity index (χ3n) is 2.81. The predicted octanol–water partition coefficient (Wildman–Crippen LogP) is 2.25. The molecule has 0 aromatic carbocycles. The molecule has 0 radical (unpaired) electrons. The van der Waals surface area contributed by atoms with Gasteiger partial charge in [-0.3, -0.25) is 9.78 Å². The van der Waals surface area contributed by atoms with Crippen molar-refractivity contribution in [1.82, 2.24) is 4.98 Å². The first kappa shape index (κ1) is 12.4. The van der Waals surface area contributed by atoms with Gasteiger partial charge < -0.3 is 9.15 Å². The SMILES string of the molecule is CCCCc1cc(=O)[nH]c2oc(C(=O)OC)cc12. The number of pyridine rings is 1. The van der Waals surface area contributed by atoms with Crippen LogP contribution in [0.3, 0.4) is 0 Å². The van der Waals surface area contributed by atoms with E-state index in [2.05, 4.69) is 16.6 Å². The molecular formula is C13H15NO4. The molecule has 0 unspecified atom stereocenters. The first-order valence-corrected chi connectivity index (χ1v) is 5.89. The van der Waals surface area contributed by atoms with Crippen LogP contribution in [0, 0.1) is 0 Å². The van der Waals surface area contributed by atoms with E-state index in [1.54, 1.807) is 12.1 Å². The smallest absolute Gasteiger partial charge is 0.374 e. The lowest BCUT2D eigenvalue weighted by atomic mass is 10.1. The number of aromatic nitrogens is 1. The number of hydrogen-bond donors (Lipinski definition) is 1. The van der Waals surface area contributed by atoms with Crippen LogP contribution in [0.5, 0.6) is 0 Å². The molecule has 0 fully saturated rings. The van der Waals surface area contributed by atoms with Crippen molar-refractivity contribution in [1.29, 1.82) is 0 Å². The second kappa shape index (κ2) is 5.08. The topological polar surface area (TPSA) is 72.3 Å². The van der Waals surface area contributed by atoms with Crippen molar-refractivity contribution >= 4 is 17.1 Å². The summed E-state index contributed by atoms with van der Waals surface area (Å²) in [6, 6.07) is 3.16. The van der Waals surface area contributed by atoms with Gasteiger partial charge in [0.25, 0.3) is 5.56 Å². The van der Waals surface area contributed by atoms with Crippen molar-refractivity contribution in [3.05, 3.63) is 33.8 Å². The first-order valence-electron chi connectivity index (χ1n) is 5.89. The van der Waals surface area contributed by atoms with Gasteiger partial charge in [0.05, 0.1) is 7.11 Å². The van der Waals surface area contributed by atoms with Gasteiger partial charge in [-0.1, -0.05) is 13.3 Å². The molecule has 18 heavy (non-hydrogen) atoms. The van der Waals surface area contributed by atoms with Crippen molar-refractivity contribution in [2.75, 3.05) is 7.11 Å². The Kier molecular flexibility index (Phi) is 3.50. The number of aryl methyl sites for hydroxylation is 1. The number of aromatic amines is 1. The number of hydrogen-bond acceptors (Lipinski definition) is 4. The van der Waals surface area contributed by atoms with Crippen molar-refractivity contribution in [3.8, 4) is 0 Å². The lowest BCUT2D eigenvalue weighted by Crippen LogP contribution is -2.05. The Morgan fingerprint density at radius 1 is 1.44 bits per heavy atom. The number of carbonyl (C=O) groups is 1. The maximum Gasteiger partial charge on any atom is 0.374 e. The molecule has 0 spiro atoms. The summed E-state index contributed by atoms with van der Waals surface area (Å²) in [6.07, 6.45) is 2.81. The van der Waals surface area contributed by atoms with Crippen molar-refractivity contribution in [3.63, 3.8) is 0 Å². The van der Waals surface area contributed by atoms with E-state index < -0.39 is 5.97 Å². The van der Waals surface area contributed by atoms with Crippen molar-refractivity contribution in [2.45, 2.75) is 26.2 Å². The Bertz CT molecular complexity index is 623. The number of furan rings is 1. The summed E-state index contributed by atoms with van der Waals surface area (Å²) in [6.45, 7) is 2.08. The highest BCUT2D eigenvalue weighted by molar-refractivity contribution is 5.92. The van der Waals surface area contributed by atoms with Crippen LogP contribution in [0.1, 0.15) is 35.9 Å². The maximum absolute atomic E-state index is 11.5. The van der Waals surface area contributed by atoms with E-state index in [4.69, 9.17) is 4.42 Å². The average molecular weight is 249 g/mol. The van der Waals surface area contributed by atoms with E-state index >= 15 is 0 Å². The lowest BCUT2D eigenvalue weighted by Gasteiger charge is -1.99. The number of esters is 1. The molecule has 0 amide bonds. The standard InChI is InChI=1S/C13H15NO4/c1-3-4-5-8-6-11(15)14-12-9(8)7-10(18-12)13(16)17-2/h6-7H,3-5H2,1-2H3,(H,14,15). The van der Waals surface area contributed by atoms with Gasteiger partial charge in [-0.2, -0.15) is 0 Å². The monoisotopic (exact) mass is 249 g/mol. The third-order valence-corrected chi connectivity index (χ3v) is 2.81. The van der Waals surface area contributed by atoms with E-state index in [0.29, 0.717) is 5.71 Å². The van der Waals surface area contributed by atoms with Crippen LogP contribution in [0.2, 0.25) is 0 Å². The van der Waals surface area contributed by atoms with Crippen LogP contribution in [0.15, 0.2) is 21.3 Å². The minimum absolute atomic E-state index is 0.104. The fourth-order valence-electron chi connectivity index (χ4n) is 1.88. The predicted molar refractivity (Wildman–Crippen MR) is 66.8 cm³/mol. The molecule has 0 atom stereocenters. The normalized spacial score (nSPS) is 10.8. The molecule has 5 nitrogen and oxygen atoms in total. The summed E-state index contributed by atoms with van der Waals surface area (Å²) in [5.74, 6) is -0.444. The Labute approximate surface area is 104 Å².